The quantitative estimate of drug-likeness (QED) is 0.868. The second-order valence-corrected chi connectivity index (χ2v) is 5.32. The SMILES string of the molecule is CCn1c(SCc2csc(Cl)n2)n[nH]c1=O. The highest BCUT2D eigenvalue weighted by Crippen LogP contribution is 2.22. The van der Waals surface area contributed by atoms with Crippen molar-refractivity contribution in [3.05, 3.63) is 26.0 Å². The van der Waals surface area contributed by atoms with E-state index in [1.165, 1.54) is 23.1 Å². The first kappa shape index (κ1) is 11.7. The number of halogens is 1. The number of thiazole rings is 1. The molecule has 0 aliphatic carbocycles. The van der Waals surface area contributed by atoms with Gasteiger partial charge in [-0.05, 0) is 6.92 Å². The molecule has 0 saturated carbocycles. The molecule has 0 bridgehead atoms. The van der Waals surface area contributed by atoms with Crippen LogP contribution in [0.2, 0.25) is 4.47 Å². The average Bonchev–Trinajstić information content (AvgIpc) is 2.82. The van der Waals surface area contributed by atoms with Crippen LogP contribution in [0.15, 0.2) is 15.3 Å². The van der Waals surface area contributed by atoms with Crippen LogP contribution in [0.1, 0.15) is 12.6 Å². The zero-order chi connectivity index (χ0) is 11.5. The van der Waals surface area contributed by atoms with E-state index in [-0.39, 0.29) is 5.69 Å². The lowest BCUT2D eigenvalue weighted by molar-refractivity contribution is 0.660. The van der Waals surface area contributed by atoms with Crippen LogP contribution in [0.5, 0.6) is 0 Å². The number of hydrogen-bond donors (Lipinski definition) is 1. The van der Waals surface area contributed by atoms with Gasteiger partial charge in [0, 0.05) is 17.7 Å². The summed E-state index contributed by atoms with van der Waals surface area (Å²) in [4.78, 5) is 15.4. The molecule has 0 amide bonds. The van der Waals surface area contributed by atoms with E-state index < -0.39 is 0 Å². The van der Waals surface area contributed by atoms with Crippen LogP contribution in [-0.2, 0) is 12.3 Å². The molecule has 8 heteroatoms. The minimum absolute atomic E-state index is 0.179. The van der Waals surface area contributed by atoms with Crippen LogP contribution in [0, 0.1) is 0 Å². The van der Waals surface area contributed by atoms with Crippen LogP contribution in [0.3, 0.4) is 0 Å². The molecule has 1 N–H and O–H groups in total. The first-order chi connectivity index (χ1) is 7.70. The van der Waals surface area contributed by atoms with Crippen LogP contribution in [-0.4, -0.2) is 19.7 Å². The molecule has 2 rings (SSSR count). The fraction of sp³-hybridized carbons (Fsp3) is 0.375. The number of nitrogens with one attached hydrogen (secondary N) is 1. The highest BCUT2D eigenvalue weighted by atomic mass is 35.5. The lowest BCUT2D eigenvalue weighted by atomic mass is 10.6. The van der Waals surface area contributed by atoms with Gasteiger partial charge >= 0.3 is 5.69 Å². The van der Waals surface area contributed by atoms with Crippen molar-refractivity contribution in [1.29, 1.82) is 0 Å². The first-order valence-electron chi connectivity index (χ1n) is 4.58. The molecule has 16 heavy (non-hydrogen) atoms. The number of aromatic amines is 1. The van der Waals surface area contributed by atoms with E-state index >= 15 is 0 Å². The van der Waals surface area contributed by atoms with Gasteiger partial charge in [0.15, 0.2) is 9.62 Å². The van der Waals surface area contributed by atoms with Crippen molar-refractivity contribution in [2.24, 2.45) is 0 Å². The van der Waals surface area contributed by atoms with Gasteiger partial charge in [-0.25, -0.2) is 14.9 Å². The van der Waals surface area contributed by atoms with E-state index in [1.807, 2.05) is 12.3 Å². The fourth-order valence-electron chi connectivity index (χ4n) is 1.18. The smallest absolute Gasteiger partial charge is 0.270 e. The Morgan fingerprint density at radius 3 is 3.12 bits per heavy atom. The summed E-state index contributed by atoms with van der Waals surface area (Å²) in [5.41, 5.74) is 0.722. The molecule has 0 radical (unpaired) electrons. The average molecular weight is 277 g/mol. The van der Waals surface area contributed by atoms with Gasteiger partial charge in [0.1, 0.15) is 0 Å². The Morgan fingerprint density at radius 1 is 1.69 bits per heavy atom. The van der Waals surface area contributed by atoms with Crippen LogP contribution in [0.4, 0.5) is 0 Å². The molecule has 0 aliphatic heterocycles. The van der Waals surface area contributed by atoms with Crippen LogP contribution < -0.4 is 5.69 Å². The summed E-state index contributed by atoms with van der Waals surface area (Å²) in [5, 5.41) is 8.94. The molecule has 5 nitrogen and oxygen atoms in total. The third kappa shape index (κ3) is 2.47. The normalized spacial score (nSPS) is 10.9. The Balaban J connectivity index is 2.07. The molecule has 0 aromatic carbocycles. The lowest BCUT2D eigenvalue weighted by Crippen LogP contribution is -2.16. The predicted octanol–water partition coefficient (Wildman–Crippen LogP) is 1.99. The molecule has 2 aromatic rings. The molecular formula is C8H9ClN4OS2. The van der Waals surface area contributed by atoms with Gasteiger partial charge in [-0.2, -0.15) is 0 Å². The zero-order valence-electron chi connectivity index (χ0n) is 8.44. The summed E-state index contributed by atoms with van der Waals surface area (Å²) in [6.45, 7) is 2.51. The maximum absolute atomic E-state index is 11.3. The molecule has 0 saturated heterocycles. The number of thioether (sulfide) groups is 1. The Hall–Kier alpha value is -0.790. The van der Waals surface area contributed by atoms with Crippen molar-refractivity contribution in [3.63, 3.8) is 0 Å². The summed E-state index contributed by atoms with van der Waals surface area (Å²) >= 11 is 8.59. The summed E-state index contributed by atoms with van der Waals surface area (Å²) in [7, 11) is 0. The number of aromatic nitrogens is 4. The molecule has 0 fully saturated rings. The van der Waals surface area contributed by atoms with Crippen molar-refractivity contribution in [1.82, 2.24) is 19.7 Å². The number of nitrogens with zero attached hydrogens (tertiary/aromatic N) is 3. The standard InChI is InChI=1S/C8H9ClN4OS2/c1-2-13-7(14)11-12-8(13)16-4-5-3-15-6(9)10-5/h3H,2,4H2,1H3,(H,11,14). The van der Waals surface area contributed by atoms with Gasteiger partial charge in [0.2, 0.25) is 0 Å². The Bertz CT molecular complexity index is 532. The minimum Gasteiger partial charge on any atom is -0.270 e. The predicted molar refractivity (Wildman–Crippen MR) is 65.2 cm³/mol. The van der Waals surface area contributed by atoms with Gasteiger partial charge in [0.25, 0.3) is 0 Å². The van der Waals surface area contributed by atoms with Crippen LogP contribution in [0.25, 0.3) is 0 Å². The molecule has 86 valence electrons. The number of H-pyrrole nitrogens is 1. The van der Waals surface area contributed by atoms with Crippen molar-refractivity contribution in [3.8, 4) is 0 Å². The van der Waals surface area contributed by atoms with E-state index in [1.54, 1.807) is 4.57 Å². The highest BCUT2D eigenvalue weighted by molar-refractivity contribution is 7.98. The van der Waals surface area contributed by atoms with E-state index in [4.69, 9.17) is 11.6 Å². The highest BCUT2D eigenvalue weighted by Gasteiger charge is 2.08. The Labute approximate surface area is 105 Å². The van der Waals surface area contributed by atoms with Gasteiger partial charge in [0.05, 0.1) is 5.69 Å². The molecule has 0 aliphatic rings. The molecular weight excluding hydrogens is 268 g/mol. The molecule has 2 aromatic heterocycles. The van der Waals surface area contributed by atoms with E-state index in [0.717, 1.165) is 5.69 Å². The third-order valence-corrected chi connectivity index (χ3v) is 3.95. The third-order valence-electron chi connectivity index (χ3n) is 1.91. The molecule has 2 heterocycles. The zero-order valence-corrected chi connectivity index (χ0v) is 10.8. The summed E-state index contributed by atoms with van der Waals surface area (Å²) in [5.74, 6) is 0.660. The van der Waals surface area contributed by atoms with Crippen LogP contribution >= 0.6 is 34.7 Å². The Kier molecular flexibility index (Phi) is 3.67. The summed E-state index contributed by atoms with van der Waals surface area (Å²) in [6, 6.07) is 0. The maximum atomic E-state index is 11.3. The minimum atomic E-state index is -0.179. The van der Waals surface area contributed by atoms with Gasteiger partial charge in [-0.1, -0.05) is 23.4 Å². The molecule has 0 atom stereocenters. The van der Waals surface area contributed by atoms with E-state index in [0.29, 0.717) is 21.9 Å². The van der Waals surface area contributed by atoms with Crippen molar-refractivity contribution < 1.29 is 0 Å². The van der Waals surface area contributed by atoms with Gasteiger partial charge in [-0.3, -0.25) is 4.57 Å². The van der Waals surface area contributed by atoms with Crippen molar-refractivity contribution in [2.75, 3.05) is 0 Å². The van der Waals surface area contributed by atoms with Crippen molar-refractivity contribution in [2.45, 2.75) is 24.4 Å². The topological polar surface area (TPSA) is 63.6 Å². The van der Waals surface area contributed by atoms with Gasteiger partial charge < -0.3 is 0 Å². The van der Waals surface area contributed by atoms with E-state index in [2.05, 4.69) is 15.2 Å². The number of rotatable bonds is 4. The second kappa shape index (κ2) is 5.03. The monoisotopic (exact) mass is 276 g/mol. The molecule has 0 spiro atoms. The Morgan fingerprint density at radius 2 is 2.50 bits per heavy atom. The maximum Gasteiger partial charge on any atom is 0.343 e. The van der Waals surface area contributed by atoms with E-state index in [9.17, 15) is 4.79 Å². The lowest BCUT2D eigenvalue weighted by Gasteiger charge is -1.99. The largest absolute Gasteiger partial charge is 0.343 e. The molecule has 0 unspecified atom stereocenters. The second-order valence-electron chi connectivity index (χ2n) is 2.94. The summed E-state index contributed by atoms with van der Waals surface area (Å²) in [6.07, 6.45) is 0. The van der Waals surface area contributed by atoms with Gasteiger partial charge in [-0.15, -0.1) is 16.4 Å². The first-order valence-corrected chi connectivity index (χ1v) is 6.83. The van der Waals surface area contributed by atoms with Crippen molar-refractivity contribution >= 4 is 34.7 Å². The fourth-order valence-corrected chi connectivity index (χ4v) is 2.97. The summed E-state index contributed by atoms with van der Waals surface area (Å²) < 4.78 is 2.11. The number of hydrogen-bond acceptors (Lipinski definition) is 5.